The SMILES string of the molecule is CCOC[C@]1(C(N)=S)[C@H](c2ccc(C)cc2)[C@H]1S(=O)(=O)c1ccc(Cl)cc1. The van der Waals surface area contributed by atoms with Gasteiger partial charge in [-0.15, -0.1) is 0 Å². The molecule has 1 fully saturated rings. The average molecular weight is 424 g/mol. The molecular formula is C20H22ClNO3S2. The van der Waals surface area contributed by atoms with Gasteiger partial charge in [0, 0.05) is 17.5 Å². The second kappa shape index (κ2) is 7.51. The predicted molar refractivity (Wildman–Crippen MR) is 112 cm³/mol. The molecule has 7 heteroatoms. The zero-order valence-corrected chi connectivity index (χ0v) is 17.6. The lowest BCUT2D eigenvalue weighted by Gasteiger charge is -2.17. The Morgan fingerprint density at radius 3 is 2.30 bits per heavy atom. The maximum absolute atomic E-state index is 13.4. The molecule has 0 aromatic heterocycles. The molecule has 1 aliphatic rings. The lowest BCUT2D eigenvalue weighted by molar-refractivity contribution is 0.121. The van der Waals surface area contributed by atoms with Crippen LogP contribution >= 0.6 is 23.8 Å². The number of hydrogen-bond donors (Lipinski definition) is 1. The first kappa shape index (κ1) is 20.3. The first-order chi connectivity index (χ1) is 12.7. The minimum Gasteiger partial charge on any atom is -0.393 e. The van der Waals surface area contributed by atoms with Crippen LogP contribution in [0.5, 0.6) is 0 Å². The van der Waals surface area contributed by atoms with Crippen LogP contribution < -0.4 is 5.73 Å². The van der Waals surface area contributed by atoms with Crippen molar-refractivity contribution in [2.24, 2.45) is 11.1 Å². The summed E-state index contributed by atoms with van der Waals surface area (Å²) in [6.45, 7) is 4.48. The van der Waals surface area contributed by atoms with E-state index < -0.39 is 20.5 Å². The smallest absolute Gasteiger partial charge is 0.182 e. The molecule has 0 saturated heterocycles. The molecule has 2 aromatic carbocycles. The standard InChI is InChI=1S/C20H22ClNO3S2/c1-3-25-12-20(19(22)26)17(14-6-4-13(2)5-7-14)18(20)27(23,24)16-10-8-15(21)9-11-16/h4-11,17-18H,3,12H2,1-2H3,(H2,22,26)/t17-,18-,20+/m1/s1. The van der Waals surface area contributed by atoms with E-state index in [-0.39, 0.29) is 22.4 Å². The molecule has 0 aliphatic heterocycles. The lowest BCUT2D eigenvalue weighted by Crippen LogP contribution is -2.33. The van der Waals surface area contributed by atoms with Crippen LogP contribution in [0.4, 0.5) is 0 Å². The van der Waals surface area contributed by atoms with Crippen LogP contribution in [0.3, 0.4) is 0 Å². The second-order valence-corrected chi connectivity index (χ2v) is 9.80. The van der Waals surface area contributed by atoms with E-state index in [4.69, 9.17) is 34.3 Å². The average Bonchev–Trinajstić information content (AvgIpc) is 3.32. The number of nitrogens with two attached hydrogens (primary N) is 1. The Hall–Kier alpha value is -1.47. The number of aryl methyl sites for hydroxylation is 1. The van der Waals surface area contributed by atoms with Crippen LogP contribution in [-0.4, -0.2) is 31.9 Å². The van der Waals surface area contributed by atoms with Gasteiger partial charge in [0.1, 0.15) is 0 Å². The fourth-order valence-electron chi connectivity index (χ4n) is 3.69. The van der Waals surface area contributed by atoms with Crippen LogP contribution in [0, 0.1) is 12.3 Å². The number of benzene rings is 2. The first-order valence-corrected chi connectivity index (χ1v) is 11.0. The molecule has 4 nitrogen and oxygen atoms in total. The summed E-state index contributed by atoms with van der Waals surface area (Å²) in [4.78, 5) is 0.382. The predicted octanol–water partition coefficient (Wildman–Crippen LogP) is 3.90. The first-order valence-electron chi connectivity index (χ1n) is 8.69. The summed E-state index contributed by atoms with van der Waals surface area (Å²) < 4.78 is 32.5. The Morgan fingerprint density at radius 1 is 1.19 bits per heavy atom. The lowest BCUT2D eigenvalue weighted by atomic mass is 9.99. The molecule has 2 aromatic rings. The molecule has 0 amide bonds. The maximum Gasteiger partial charge on any atom is 0.182 e. The Kier molecular flexibility index (Phi) is 5.64. The molecule has 3 atom stereocenters. The van der Waals surface area contributed by atoms with Crippen molar-refractivity contribution < 1.29 is 13.2 Å². The zero-order chi connectivity index (χ0) is 19.8. The molecule has 1 saturated carbocycles. The maximum atomic E-state index is 13.4. The van der Waals surface area contributed by atoms with E-state index in [1.807, 2.05) is 38.1 Å². The minimum atomic E-state index is -3.68. The number of thiocarbonyl (C=S) groups is 1. The largest absolute Gasteiger partial charge is 0.393 e. The fraction of sp³-hybridized carbons (Fsp3) is 0.350. The summed E-state index contributed by atoms with van der Waals surface area (Å²) in [5, 5.41) is -0.285. The molecule has 0 unspecified atom stereocenters. The molecule has 144 valence electrons. The van der Waals surface area contributed by atoms with Crippen LogP contribution in [0.25, 0.3) is 0 Å². The molecular weight excluding hydrogens is 402 g/mol. The summed E-state index contributed by atoms with van der Waals surface area (Å²) in [6, 6.07) is 14.0. The third-order valence-electron chi connectivity index (χ3n) is 5.17. The van der Waals surface area contributed by atoms with Crippen molar-refractivity contribution in [2.45, 2.75) is 29.9 Å². The van der Waals surface area contributed by atoms with Crippen LogP contribution in [-0.2, 0) is 14.6 Å². The molecule has 0 spiro atoms. The van der Waals surface area contributed by atoms with Gasteiger partial charge in [0.15, 0.2) is 9.84 Å². The van der Waals surface area contributed by atoms with Gasteiger partial charge < -0.3 is 10.5 Å². The normalized spacial score (nSPS) is 24.6. The van der Waals surface area contributed by atoms with Gasteiger partial charge in [-0.1, -0.05) is 53.6 Å². The third-order valence-corrected chi connectivity index (χ3v) is 8.10. The van der Waals surface area contributed by atoms with E-state index in [9.17, 15) is 8.42 Å². The number of sulfone groups is 1. The highest BCUT2D eigenvalue weighted by Gasteiger charge is 2.73. The van der Waals surface area contributed by atoms with Gasteiger partial charge in [-0.05, 0) is 43.7 Å². The summed E-state index contributed by atoms with van der Waals surface area (Å²) in [5.41, 5.74) is 7.17. The van der Waals surface area contributed by atoms with E-state index in [2.05, 4.69) is 0 Å². The van der Waals surface area contributed by atoms with E-state index in [0.29, 0.717) is 11.6 Å². The summed E-state index contributed by atoms with van der Waals surface area (Å²) in [6.07, 6.45) is 0. The number of ether oxygens (including phenoxy) is 1. The molecule has 0 bridgehead atoms. The van der Waals surface area contributed by atoms with Crippen molar-refractivity contribution >= 4 is 38.6 Å². The van der Waals surface area contributed by atoms with Gasteiger partial charge in [-0.3, -0.25) is 0 Å². The van der Waals surface area contributed by atoms with Crippen molar-refractivity contribution in [2.75, 3.05) is 13.2 Å². The van der Waals surface area contributed by atoms with Crippen molar-refractivity contribution in [3.8, 4) is 0 Å². The molecule has 3 rings (SSSR count). The highest BCUT2D eigenvalue weighted by Crippen LogP contribution is 2.64. The Bertz CT molecular complexity index is 942. The summed E-state index contributed by atoms with van der Waals surface area (Å²) in [5.74, 6) is -0.345. The summed E-state index contributed by atoms with van der Waals surface area (Å²) in [7, 11) is -3.68. The molecule has 1 aliphatic carbocycles. The highest BCUT2D eigenvalue weighted by molar-refractivity contribution is 7.92. The van der Waals surface area contributed by atoms with E-state index in [1.165, 1.54) is 12.1 Å². The van der Waals surface area contributed by atoms with E-state index in [0.717, 1.165) is 11.1 Å². The van der Waals surface area contributed by atoms with Gasteiger partial charge in [0.05, 0.1) is 27.2 Å². The highest BCUT2D eigenvalue weighted by atomic mass is 35.5. The molecule has 0 radical (unpaired) electrons. The topological polar surface area (TPSA) is 69.4 Å². The number of halogens is 1. The van der Waals surface area contributed by atoms with Crippen molar-refractivity contribution in [3.63, 3.8) is 0 Å². The van der Waals surface area contributed by atoms with Gasteiger partial charge in [-0.25, -0.2) is 8.42 Å². The number of hydrogen-bond acceptors (Lipinski definition) is 4. The Balaban J connectivity index is 2.10. The van der Waals surface area contributed by atoms with Crippen LogP contribution in [0.2, 0.25) is 5.02 Å². The zero-order valence-electron chi connectivity index (χ0n) is 15.2. The number of rotatable bonds is 7. The Labute approximate surface area is 170 Å². The Morgan fingerprint density at radius 2 is 1.78 bits per heavy atom. The van der Waals surface area contributed by atoms with Crippen molar-refractivity contribution in [1.82, 2.24) is 0 Å². The van der Waals surface area contributed by atoms with E-state index >= 15 is 0 Å². The van der Waals surface area contributed by atoms with Crippen molar-refractivity contribution in [3.05, 3.63) is 64.7 Å². The van der Waals surface area contributed by atoms with Gasteiger partial charge >= 0.3 is 0 Å². The van der Waals surface area contributed by atoms with Gasteiger partial charge in [0.25, 0.3) is 0 Å². The quantitative estimate of drug-likeness (QED) is 0.684. The molecule has 0 heterocycles. The summed E-state index contributed by atoms with van der Waals surface area (Å²) >= 11 is 11.3. The monoisotopic (exact) mass is 423 g/mol. The van der Waals surface area contributed by atoms with Crippen molar-refractivity contribution in [1.29, 1.82) is 0 Å². The van der Waals surface area contributed by atoms with Crippen LogP contribution in [0.1, 0.15) is 24.0 Å². The van der Waals surface area contributed by atoms with Gasteiger partial charge in [-0.2, -0.15) is 0 Å². The fourth-order valence-corrected chi connectivity index (χ4v) is 6.58. The third kappa shape index (κ3) is 3.51. The molecule has 2 N–H and O–H groups in total. The second-order valence-electron chi connectivity index (χ2n) is 6.85. The van der Waals surface area contributed by atoms with Crippen LogP contribution in [0.15, 0.2) is 53.4 Å². The van der Waals surface area contributed by atoms with E-state index in [1.54, 1.807) is 12.1 Å². The minimum absolute atomic E-state index is 0.170. The molecule has 27 heavy (non-hydrogen) atoms. The van der Waals surface area contributed by atoms with Gasteiger partial charge in [0.2, 0.25) is 0 Å².